The second-order valence-corrected chi connectivity index (χ2v) is 19.7. The monoisotopic (exact) mass is 472 g/mol. The van der Waals surface area contributed by atoms with Gasteiger partial charge in [0.15, 0.2) is 8.32 Å². The van der Waals surface area contributed by atoms with E-state index in [-0.39, 0.29) is 59.4 Å². The van der Waals surface area contributed by atoms with E-state index in [1.807, 2.05) is 11.8 Å². The molecule has 0 saturated heterocycles. The molecule has 0 amide bonds. The van der Waals surface area contributed by atoms with Gasteiger partial charge in [0.1, 0.15) is 0 Å². The molecule has 0 fully saturated rings. The van der Waals surface area contributed by atoms with Gasteiger partial charge in [-0.1, -0.05) is 59.4 Å². The van der Waals surface area contributed by atoms with Crippen LogP contribution in [-0.4, -0.2) is 55.8 Å². The van der Waals surface area contributed by atoms with E-state index in [2.05, 4.69) is 45.2 Å². The Labute approximate surface area is 183 Å². The van der Waals surface area contributed by atoms with Crippen LogP contribution in [0, 0.1) is 0 Å². The van der Waals surface area contributed by atoms with Crippen LogP contribution in [0.3, 0.4) is 0 Å². The van der Waals surface area contributed by atoms with Crippen molar-refractivity contribution >= 4 is 49.0 Å². The van der Waals surface area contributed by atoms with Crippen LogP contribution in [0.4, 0.5) is 0 Å². The molecule has 0 spiro atoms. The van der Waals surface area contributed by atoms with Crippen LogP contribution in [0.1, 0.15) is 59.4 Å². The zero-order chi connectivity index (χ0) is 14.4. The fourth-order valence-electron chi connectivity index (χ4n) is 1.98. The summed E-state index contributed by atoms with van der Waals surface area (Å²) in [5, 5.41) is 2.06. The van der Waals surface area contributed by atoms with E-state index in [0.29, 0.717) is 0 Å². The highest BCUT2D eigenvalue weighted by atomic mass is 32.2. The summed E-state index contributed by atoms with van der Waals surface area (Å²) in [6.45, 7) is 11.0. The van der Waals surface area contributed by atoms with Crippen molar-refractivity contribution in [3.63, 3.8) is 0 Å². The summed E-state index contributed by atoms with van der Waals surface area (Å²) in [4.78, 5) is 0. The number of rotatable bonds is 9. The lowest BCUT2D eigenvalue weighted by Crippen LogP contribution is -2.56. The normalized spacial score (nSPS) is 11.5. The molecule has 3 nitrogen and oxygen atoms in total. The lowest BCUT2D eigenvalue weighted by atomic mass is 11.8. The van der Waals surface area contributed by atoms with Gasteiger partial charge in [0.05, 0.1) is 0 Å². The summed E-state index contributed by atoms with van der Waals surface area (Å²) in [7, 11) is -4.02. The largest absolute Gasteiger partial charge is 0.436 e. The average Bonchev–Trinajstić information content (AvgIpc) is 2.14. The molecule has 174 valence electrons. The van der Waals surface area contributed by atoms with Crippen molar-refractivity contribution in [2.75, 3.05) is 30.4 Å². The minimum Gasteiger partial charge on any atom is -0.436 e. The van der Waals surface area contributed by atoms with Crippen LogP contribution in [0.25, 0.3) is 0 Å². The number of hydrogen-bond acceptors (Lipinski definition) is 5. The molecule has 0 aromatic heterocycles. The molecular weight excluding hydrogens is 413 g/mol. The van der Waals surface area contributed by atoms with E-state index < -0.39 is 25.4 Å². The van der Waals surface area contributed by atoms with Crippen LogP contribution in [0.15, 0.2) is 0 Å². The van der Waals surface area contributed by atoms with Crippen molar-refractivity contribution < 1.29 is 12.7 Å². The molecule has 0 aromatic rings. The third-order valence-corrected chi connectivity index (χ3v) is 18.2. The van der Waals surface area contributed by atoms with Crippen LogP contribution < -0.4 is 0 Å². The highest BCUT2D eigenvalue weighted by Crippen LogP contribution is 2.24. The highest BCUT2D eigenvalue weighted by Gasteiger charge is 2.42. The quantitative estimate of drug-likeness (QED) is 0.313. The van der Waals surface area contributed by atoms with Gasteiger partial charge in [-0.3, -0.25) is 0 Å². The van der Waals surface area contributed by atoms with E-state index in [1.165, 1.54) is 0 Å². The minimum atomic E-state index is -2.10. The first-order valence-electron chi connectivity index (χ1n) is 6.03. The molecule has 0 rings (SSSR count). The highest BCUT2D eigenvalue weighted by molar-refractivity contribution is 8.00. The fourth-order valence-corrected chi connectivity index (χ4v) is 19.2. The molecule has 1 atom stereocenters. The van der Waals surface area contributed by atoms with Crippen molar-refractivity contribution in [2.24, 2.45) is 0 Å². The first-order chi connectivity index (χ1) is 8.10. The van der Waals surface area contributed by atoms with Gasteiger partial charge in [-0.15, -0.1) is 0 Å². The van der Waals surface area contributed by atoms with Crippen LogP contribution in [0.5, 0.6) is 0 Å². The van der Waals surface area contributed by atoms with Gasteiger partial charge in [0.25, 0.3) is 0 Å². The molecule has 0 saturated carbocycles. The van der Waals surface area contributed by atoms with E-state index in [1.54, 1.807) is 18.9 Å². The molecule has 0 N–H and O–H groups in total. The molecule has 0 aliphatic rings. The SMILES string of the molecule is C.C.C.C.C.C.C.C.CO[Si](C)(CSC)O[Si](C)(C)O[Si](C)(C)CSC. The van der Waals surface area contributed by atoms with Gasteiger partial charge in [0, 0.05) is 17.9 Å². The van der Waals surface area contributed by atoms with Crippen molar-refractivity contribution in [1.29, 1.82) is 0 Å². The van der Waals surface area contributed by atoms with Gasteiger partial charge in [-0.25, -0.2) is 0 Å². The van der Waals surface area contributed by atoms with Crippen molar-refractivity contribution in [3.05, 3.63) is 0 Å². The smallest absolute Gasteiger partial charge is 0.336 e. The van der Waals surface area contributed by atoms with Gasteiger partial charge in [-0.05, 0) is 45.2 Å². The lowest BCUT2D eigenvalue weighted by molar-refractivity contribution is 0.279. The predicted molar refractivity (Wildman–Crippen MR) is 146 cm³/mol. The number of thioether (sulfide) groups is 2. The Hall–Kier alpha value is 1.23. The third kappa shape index (κ3) is 25.2. The zero-order valence-corrected chi connectivity index (χ0v) is 17.6. The zero-order valence-electron chi connectivity index (χ0n) is 13.0. The lowest BCUT2D eigenvalue weighted by Gasteiger charge is -2.38. The molecule has 0 heterocycles. The summed E-state index contributed by atoms with van der Waals surface area (Å²) in [6.07, 6.45) is 4.23. The van der Waals surface area contributed by atoms with Gasteiger partial charge < -0.3 is 12.7 Å². The molecule has 8 heteroatoms. The van der Waals surface area contributed by atoms with E-state index >= 15 is 0 Å². The molecule has 0 aliphatic carbocycles. The summed E-state index contributed by atoms with van der Waals surface area (Å²) in [5.41, 5.74) is 0. The molecule has 0 bridgehead atoms. The maximum absolute atomic E-state index is 6.39. The Morgan fingerprint density at radius 3 is 1.23 bits per heavy atom. The predicted octanol–water partition coefficient (Wildman–Crippen LogP) is 8.54. The molecular formula is C18H60O3S2Si3. The standard InChI is InChI=1S/C10H28O3S2Si3.8CH4/c1-11-18(8,10-15-3)13-17(6,7)12-16(4,5)9-14-2;;;;;;;;/h9-10H2,1-8H3;8*1H4. The fraction of sp³-hybridized carbons (Fsp3) is 1.00. The summed E-state index contributed by atoms with van der Waals surface area (Å²) in [5.74, 6) is 0. The van der Waals surface area contributed by atoms with E-state index in [9.17, 15) is 0 Å². The maximum atomic E-state index is 6.39. The minimum absolute atomic E-state index is 0. The van der Waals surface area contributed by atoms with E-state index in [4.69, 9.17) is 12.7 Å². The maximum Gasteiger partial charge on any atom is 0.336 e. The molecule has 0 radical (unpaired) electrons. The van der Waals surface area contributed by atoms with E-state index in [0.717, 1.165) is 10.8 Å². The molecule has 26 heavy (non-hydrogen) atoms. The van der Waals surface area contributed by atoms with Gasteiger partial charge >= 0.3 is 17.1 Å². The summed E-state index contributed by atoms with van der Waals surface area (Å²) >= 11 is 3.65. The summed E-state index contributed by atoms with van der Waals surface area (Å²) < 4.78 is 18.4. The Morgan fingerprint density at radius 2 is 0.962 bits per heavy atom. The second kappa shape index (κ2) is 24.3. The Bertz CT molecular complexity index is 260. The molecule has 0 aliphatic heterocycles. The Morgan fingerprint density at radius 1 is 0.615 bits per heavy atom. The molecule has 1 unspecified atom stereocenters. The van der Waals surface area contributed by atoms with Gasteiger partial charge in [0.2, 0.25) is 0 Å². The Kier molecular flexibility index (Phi) is 52.6. The average molecular weight is 473 g/mol. The van der Waals surface area contributed by atoms with Crippen molar-refractivity contribution in [2.45, 2.75) is 92.1 Å². The van der Waals surface area contributed by atoms with Crippen molar-refractivity contribution in [1.82, 2.24) is 0 Å². The topological polar surface area (TPSA) is 27.7 Å². The summed E-state index contributed by atoms with van der Waals surface area (Å²) in [6, 6.07) is 0. The van der Waals surface area contributed by atoms with Gasteiger partial charge in [-0.2, -0.15) is 23.5 Å². The van der Waals surface area contributed by atoms with Crippen LogP contribution >= 0.6 is 23.5 Å². The first-order valence-corrected chi connectivity index (χ1v) is 17.3. The first kappa shape index (κ1) is 56.4. The van der Waals surface area contributed by atoms with Crippen molar-refractivity contribution in [3.8, 4) is 0 Å². The van der Waals surface area contributed by atoms with Crippen LogP contribution in [-0.2, 0) is 12.7 Å². The van der Waals surface area contributed by atoms with Crippen LogP contribution in [0.2, 0.25) is 32.7 Å². The molecule has 0 aromatic carbocycles. The second-order valence-electron chi connectivity index (χ2n) is 5.57. The Balaban J connectivity index is -0.0000000516. The number of hydrogen-bond donors (Lipinski definition) is 0. The third-order valence-electron chi connectivity index (χ3n) is 2.31.